The molecule has 1 saturated carbocycles. The number of nitrogens with zero attached hydrogens (tertiary/aromatic N) is 3. The van der Waals surface area contributed by atoms with E-state index in [2.05, 4.69) is 20.3 Å². The van der Waals surface area contributed by atoms with E-state index in [-0.39, 0.29) is 22.9 Å². The highest BCUT2D eigenvalue weighted by Crippen LogP contribution is 2.47. The summed E-state index contributed by atoms with van der Waals surface area (Å²) >= 11 is 6.18. The van der Waals surface area contributed by atoms with Gasteiger partial charge in [0.05, 0.1) is 21.7 Å². The van der Waals surface area contributed by atoms with Crippen LogP contribution in [-0.2, 0) is 4.79 Å². The summed E-state index contributed by atoms with van der Waals surface area (Å²) in [6.07, 6.45) is 8.31. The molecular weight excluding hydrogens is 421 g/mol. The summed E-state index contributed by atoms with van der Waals surface area (Å²) in [5.41, 5.74) is 1.71. The van der Waals surface area contributed by atoms with Gasteiger partial charge in [-0.3, -0.25) is 14.6 Å². The number of aromatic amines is 1. The SMILES string of the molecule is O=C(NC1CCC2(CC1)CCN(c1ccc(F)cc1Cl)C2=O)c1c[nH]c2nccnc12. The standard InChI is InChI=1S/C22H21ClFN5O2/c23-16-11-13(24)1-2-17(16)29-10-7-22(21(29)31)5-3-14(4-6-22)28-20(30)15-12-27-19-18(15)25-8-9-26-19/h1-2,8-9,11-12,14H,3-7,10H2,(H,26,27)(H,28,30). The zero-order chi connectivity index (χ0) is 21.6. The molecule has 5 rings (SSSR count). The summed E-state index contributed by atoms with van der Waals surface area (Å²) in [7, 11) is 0. The van der Waals surface area contributed by atoms with Crippen molar-refractivity contribution in [1.82, 2.24) is 20.3 Å². The highest BCUT2D eigenvalue weighted by Gasteiger charge is 2.49. The van der Waals surface area contributed by atoms with E-state index in [1.54, 1.807) is 29.6 Å². The van der Waals surface area contributed by atoms with Gasteiger partial charge in [-0.1, -0.05) is 11.6 Å². The Balaban J connectivity index is 1.25. The van der Waals surface area contributed by atoms with Gasteiger partial charge in [0.2, 0.25) is 5.91 Å². The number of carbonyl (C=O) groups is 2. The fourth-order valence-electron chi connectivity index (χ4n) is 4.82. The van der Waals surface area contributed by atoms with Gasteiger partial charge in [-0.15, -0.1) is 0 Å². The van der Waals surface area contributed by atoms with Crippen LogP contribution in [0.2, 0.25) is 5.02 Å². The summed E-state index contributed by atoms with van der Waals surface area (Å²) in [5.74, 6) is -0.574. The molecule has 2 N–H and O–H groups in total. The van der Waals surface area contributed by atoms with Crippen molar-refractivity contribution in [1.29, 1.82) is 0 Å². The molecule has 0 unspecified atom stereocenters. The molecule has 1 aromatic carbocycles. The van der Waals surface area contributed by atoms with Crippen molar-refractivity contribution in [2.24, 2.45) is 5.41 Å². The average Bonchev–Trinajstić information content (AvgIpc) is 3.33. The molecule has 3 aromatic rings. The van der Waals surface area contributed by atoms with Gasteiger partial charge in [0.25, 0.3) is 5.91 Å². The van der Waals surface area contributed by atoms with E-state index in [1.807, 2.05) is 0 Å². The number of hydrogen-bond donors (Lipinski definition) is 2. The molecule has 31 heavy (non-hydrogen) atoms. The van der Waals surface area contributed by atoms with Crippen molar-refractivity contribution in [3.8, 4) is 0 Å². The van der Waals surface area contributed by atoms with Crippen molar-refractivity contribution in [2.45, 2.75) is 38.1 Å². The Hall–Kier alpha value is -3.00. The van der Waals surface area contributed by atoms with E-state index in [1.165, 1.54) is 12.1 Å². The summed E-state index contributed by atoms with van der Waals surface area (Å²) in [5, 5.41) is 3.32. The number of anilines is 1. The fourth-order valence-corrected chi connectivity index (χ4v) is 5.08. The first-order valence-corrected chi connectivity index (χ1v) is 10.7. The number of rotatable bonds is 3. The van der Waals surface area contributed by atoms with Crippen LogP contribution in [0.5, 0.6) is 0 Å². The van der Waals surface area contributed by atoms with E-state index >= 15 is 0 Å². The van der Waals surface area contributed by atoms with Crippen LogP contribution in [-0.4, -0.2) is 39.4 Å². The molecule has 160 valence electrons. The minimum atomic E-state index is -0.439. The maximum atomic E-state index is 13.4. The third-order valence-electron chi connectivity index (χ3n) is 6.54. The number of halogens is 2. The fraction of sp³-hybridized carbons (Fsp3) is 0.364. The number of nitrogens with one attached hydrogen (secondary N) is 2. The second kappa shape index (κ2) is 7.60. The molecule has 2 aliphatic rings. The van der Waals surface area contributed by atoms with Crippen molar-refractivity contribution in [2.75, 3.05) is 11.4 Å². The topological polar surface area (TPSA) is 91.0 Å². The molecule has 1 saturated heterocycles. The molecule has 2 aromatic heterocycles. The predicted octanol–water partition coefficient (Wildman–Crippen LogP) is 3.85. The second-order valence-corrected chi connectivity index (χ2v) is 8.69. The Morgan fingerprint density at radius 2 is 2.00 bits per heavy atom. The van der Waals surface area contributed by atoms with Crippen molar-refractivity contribution >= 4 is 40.3 Å². The van der Waals surface area contributed by atoms with Crippen molar-refractivity contribution in [3.05, 3.63) is 53.2 Å². The molecule has 9 heteroatoms. The number of benzene rings is 1. The lowest BCUT2D eigenvalue weighted by atomic mass is 9.71. The molecule has 0 atom stereocenters. The maximum Gasteiger partial charge on any atom is 0.255 e. The van der Waals surface area contributed by atoms with Gasteiger partial charge < -0.3 is 15.2 Å². The lowest BCUT2D eigenvalue weighted by Crippen LogP contribution is -2.43. The molecule has 1 spiro atoms. The molecule has 0 bridgehead atoms. The highest BCUT2D eigenvalue weighted by atomic mass is 35.5. The molecule has 2 fully saturated rings. The van der Waals surface area contributed by atoms with Gasteiger partial charge in [0, 0.05) is 31.2 Å². The molecule has 2 amide bonds. The van der Waals surface area contributed by atoms with Gasteiger partial charge in [-0.05, 0) is 50.3 Å². The van der Waals surface area contributed by atoms with E-state index < -0.39 is 11.2 Å². The molecule has 7 nitrogen and oxygen atoms in total. The number of fused-ring (bicyclic) bond motifs is 1. The van der Waals surface area contributed by atoms with Gasteiger partial charge in [0.1, 0.15) is 11.3 Å². The van der Waals surface area contributed by atoms with Gasteiger partial charge in [-0.2, -0.15) is 0 Å². The molecular formula is C22H21ClFN5O2. The maximum absolute atomic E-state index is 13.4. The number of hydrogen-bond acceptors (Lipinski definition) is 4. The summed E-state index contributed by atoms with van der Waals surface area (Å²) < 4.78 is 13.4. The summed E-state index contributed by atoms with van der Waals surface area (Å²) in [4.78, 5) is 39.0. The van der Waals surface area contributed by atoms with Crippen LogP contribution in [0.4, 0.5) is 10.1 Å². The first kappa shape index (κ1) is 19.9. The second-order valence-electron chi connectivity index (χ2n) is 8.29. The molecule has 0 radical (unpaired) electrons. The third-order valence-corrected chi connectivity index (χ3v) is 6.85. The Morgan fingerprint density at radius 1 is 1.23 bits per heavy atom. The smallest absolute Gasteiger partial charge is 0.255 e. The normalized spacial score (nSPS) is 23.6. The summed E-state index contributed by atoms with van der Waals surface area (Å²) in [6, 6.07) is 4.11. The van der Waals surface area contributed by atoms with Crippen molar-refractivity contribution < 1.29 is 14.0 Å². The lowest BCUT2D eigenvalue weighted by Gasteiger charge is -2.36. The largest absolute Gasteiger partial charge is 0.349 e. The number of H-pyrrole nitrogens is 1. The highest BCUT2D eigenvalue weighted by molar-refractivity contribution is 6.34. The molecule has 1 aliphatic heterocycles. The van der Waals surface area contributed by atoms with E-state index in [9.17, 15) is 14.0 Å². The van der Waals surface area contributed by atoms with Crippen LogP contribution in [0, 0.1) is 11.2 Å². The third kappa shape index (κ3) is 3.44. The van der Waals surface area contributed by atoms with Crippen LogP contribution < -0.4 is 10.2 Å². The minimum Gasteiger partial charge on any atom is -0.349 e. The van der Waals surface area contributed by atoms with Crippen LogP contribution >= 0.6 is 11.6 Å². The van der Waals surface area contributed by atoms with Crippen LogP contribution in [0.1, 0.15) is 42.5 Å². The van der Waals surface area contributed by atoms with Crippen molar-refractivity contribution in [3.63, 3.8) is 0 Å². The first-order valence-electron chi connectivity index (χ1n) is 10.3. The number of carbonyl (C=O) groups excluding carboxylic acids is 2. The Labute approximate surface area is 183 Å². The Kier molecular flexibility index (Phi) is 4.89. The van der Waals surface area contributed by atoms with Gasteiger partial charge in [0.15, 0.2) is 5.65 Å². The predicted molar refractivity (Wildman–Crippen MR) is 114 cm³/mol. The molecule has 1 aliphatic carbocycles. The monoisotopic (exact) mass is 441 g/mol. The van der Waals surface area contributed by atoms with Crippen LogP contribution in [0.3, 0.4) is 0 Å². The van der Waals surface area contributed by atoms with E-state index in [0.717, 1.165) is 19.3 Å². The lowest BCUT2D eigenvalue weighted by molar-refractivity contribution is -0.127. The average molecular weight is 442 g/mol. The Bertz CT molecular complexity index is 1170. The Morgan fingerprint density at radius 3 is 2.77 bits per heavy atom. The van der Waals surface area contributed by atoms with Gasteiger partial charge >= 0.3 is 0 Å². The zero-order valence-electron chi connectivity index (χ0n) is 16.7. The number of aromatic nitrogens is 3. The van der Waals surface area contributed by atoms with E-state index in [0.29, 0.717) is 41.8 Å². The van der Waals surface area contributed by atoms with Crippen LogP contribution in [0.25, 0.3) is 11.2 Å². The zero-order valence-corrected chi connectivity index (χ0v) is 17.5. The number of amides is 2. The minimum absolute atomic E-state index is 0.00370. The van der Waals surface area contributed by atoms with E-state index in [4.69, 9.17) is 11.6 Å². The first-order chi connectivity index (χ1) is 15.0. The molecule has 3 heterocycles. The quantitative estimate of drug-likeness (QED) is 0.646. The van der Waals surface area contributed by atoms with Gasteiger partial charge in [-0.25, -0.2) is 9.37 Å². The van der Waals surface area contributed by atoms with Crippen LogP contribution in [0.15, 0.2) is 36.8 Å². The summed E-state index contributed by atoms with van der Waals surface area (Å²) in [6.45, 7) is 0.565.